The van der Waals surface area contributed by atoms with Crippen molar-refractivity contribution in [3.63, 3.8) is 0 Å². The van der Waals surface area contributed by atoms with E-state index in [2.05, 4.69) is 33.2 Å². The second kappa shape index (κ2) is 35.6. The lowest BCUT2D eigenvalue weighted by molar-refractivity contribution is -0.145. The SMILES string of the molecule is C.CC#N.CC1COC(=O)O1.CCP(C)(=O)CN.CN1CCOC1=O.COCCOC.N#CCC(=O)OCC1CCCO1.O=C1OCCO1. The van der Waals surface area contributed by atoms with Crippen LogP contribution < -0.4 is 5.73 Å². The Balaban J connectivity index is -0.000000247. The molecule has 4 rings (SSSR count). The van der Waals surface area contributed by atoms with Gasteiger partial charge in [-0.3, -0.25) is 4.79 Å². The molecule has 49 heavy (non-hydrogen) atoms. The molecule has 0 spiro atoms. The Morgan fingerprint density at radius 1 is 1.02 bits per heavy atom. The molecule has 1 amide bonds. The van der Waals surface area contributed by atoms with Gasteiger partial charge in [0.2, 0.25) is 0 Å². The fourth-order valence-corrected chi connectivity index (χ4v) is 2.81. The Kier molecular flexibility index (Phi) is 37.9. The first kappa shape index (κ1) is 52.1. The number of nitrogens with zero attached hydrogens (tertiary/aromatic N) is 3. The third kappa shape index (κ3) is 37.0. The number of methoxy groups -OCH3 is 2. The van der Waals surface area contributed by atoms with E-state index in [0.29, 0.717) is 52.5 Å². The molecule has 0 radical (unpaired) electrons. The molecule has 286 valence electrons. The lowest BCUT2D eigenvalue weighted by Gasteiger charge is -2.08. The van der Waals surface area contributed by atoms with Crippen molar-refractivity contribution in [3.05, 3.63) is 0 Å². The highest BCUT2D eigenvalue weighted by atomic mass is 31.2. The van der Waals surface area contributed by atoms with Crippen LogP contribution in [-0.4, -0.2) is 141 Å². The Bertz CT molecular complexity index is 980. The van der Waals surface area contributed by atoms with E-state index in [4.69, 9.17) is 25.7 Å². The topological polar surface area (TPSA) is 245 Å². The molecule has 18 nitrogen and oxygen atoms in total. The summed E-state index contributed by atoms with van der Waals surface area (Å²) in [7, 11) is 3.14. The largest absolute Gasteiger partial charge is 0.508 e. The predicted molar refractivity (Wildman–Crippen MR) is 178 cm³/mol. The summed E-state index contributed by atoms with van der Waals surface area (Å²) in [4.78, 5) is 42.3. The first-order chi connectivity index (χ1) is 22.8. The summed E-state index contributed by atoms with van der Waals surface area (Å²) < 4.78 is 52.2. The van der Waals surface area contributed by atoms with E-state index in [9.17, 15) is 23.7 Å². The zero-order valence-corrected chi connectivity index (χ0v) is 30.0. The first-order valence-corrected chi connectivity index (χ1v) is 17.5. The van der Waals surface area contributed by atoms with E-state index >= 15 is 0 Å². The normalized spacial score (nSPS) is 18.7. The average Bonchev–Trinajstić information content (AvgIpc) is 3.90. The Labute approximate surface area is 290 Å². The second-order valence-corrected chi connectivity index (χ2v) is 13.2. The molecule has 0 aliphatic carbocycles. The third-order valence-electron chi connectivity index (χ3n) is 5.44. The van der Waals surface area contributed by atoms with Crippen molar-refractivity contribution in [1.82, 2.24) is 4.90 Å². The molecule has 4 fully saturated rings. The van der Waals surface area contributed by atoms with Gasteiger partial charge in [-0.1, -0.05) is 14.4 Å². The number of ether oxygens (including phenoxy) is 9. The van der Waals surface area contributed by atoms with E-state index in [1.54, 1.807) is 51.9 Å². The van der Waals surface area contributed by atoms with Crippen LogP contribution in [0.2, 0.25) is 0 Å². The third-order valence-corrected chi connectivity index (χ3v) is 7.55. The zero-order valence-electron chi connectivity index (χ0n) is 29.1. The number of hydrogen-bond acceptors (Lipinski definition) is 17. The van der Waals surface area contributed by atoms with E-state index < -0.39 is 25.4 Å². The van der Waals surface area contributed by atoms with Crippen LogP contribution in [0.3, 0.4) is 0 Å². The molecule has 0 bridgehead atoms. The fourth-order valence-electron chi connectivity index (χ4n) is 2.55. The highest BCUT2D eigenvalue weighted by Gasteiger charge is 2.19. The summed E-state index contributed by atoms with van der Waals surface area (Å²) in [5, 5.41) is 15.5. The van der Waals surface area contributed by atoms with Gasteiger partial charge < -0.3 is 57.8 Å². The maximum atomic E-state index is 10.8. The Hall–Kier alpha value is -3.67. The smallest absolute Gasteiger partial charge is 0.462 e. The molecule has 4 saturated heterocycles. The minimum absolute atomic E-state index is 0. The minimum Gasteiger partial charge on any atom is -0.462 e. The zero-order chi connectivity index (χ0) is 37.2. The number of hydrogen-bond donors (Lipinski definition) is 1. The molecule has 3 atom stereocenters. The van der Waals surface area contributed by atoms with Crippen molar-refractivity contribution in [2.75, 3.05) is 99.8 Å². The highest BCUT2D eigenvalue weighted by Crippen LogP contribution is 2.37. The van der Waals surface area contributed by atoms with Gasteiger partial charge in [-0.15, -0.1) is 0 Å². The first-order valence-electron chi connectivity index (χ1n) is 15.0. The summed E-state index contributed by atoms with van der Waals surface area (Å²) in [6.45, 7) is 11.8. The lowest BCUT2D eigenvalue weighted by Crippen LogP contribution is -2.17. The van der Waals surface area contributed by atoms with Crippen molar-refractivity contribution < 1.29 is 66.4 Å². The summed E-state index contributed by atoms with van der Waals surface area (Å²) in [5.74, 6) is -0.465. The van der Waals surface area contributed by atoms with Crippen LogP contribution >= 0.6 is 7.14 Å². The van der Waals surface area contributed by atoms with Gasteiger partial charge >= 0.3 is 24.4 Å². The van der Waals surface area contributed by atoms with E-state index in [1.165, 1.54) is 6.92 Å². The van der Waals surface area contributed by atoms with E-state index in [0.717, 1.165) is 32.2 Å². The minimum atomic E-state index is -1.88. The number of carbonyl (C=O) groups excluding carboxylic acids is 4. The molecule has 0 aromatic rings. The fraction of sp³-hybridized carbons (Fsp3) is 0.800. The van der Waals surface area contributed by atoms with Gasteiger partial charge in [-0.25, -0.2) is 14.4 Å². The van der Waals surface area contributed by atoms with Gasteiger partial charge in [0.05, 0.1) is 45.1 Å². The quantitative estimate of drug-likeness (QED) is 0.162. The van der Waals surface area contributed by atoms with Gasteiger partial charge in [0.25, 0.3) is 0 Å². The summed E-state index contributed by atoms with van der Waals surface area (Å²) in [6.07, 6.45) is 1.57. The van der Waals surface area contributed by atoms with Gasteiger partial charge in [0, 0.05) is 41.1 Å². The van der Waals surface area contributed by atoms with Crippen LogP contribution in [0.5, 0.6) is 0 Å². The van der Waals surface area contributed by atoms with E-state index in [-0.39, 0.29) is 32.1 Å². The lowest BCUT2D eigenvalue weighted by atomic mass is 10.2. The average molecular weight is 729 g/mol. The van der Waals surface area contributed by atoms with Crippen LogP contribution in [0.1, 0.15) is 47.5 Å². The number of rotatable bonds is 8. The maximum Gasteiger partial charge on any atom is 0.508 e. The predicted octanol–water partition coefficient (Wildman–Crippen LogP) is 3.75. The van der Waals surface area contributed by atoms with Gasteiger partial charge in [0.1, 0.15) is 45.6 Å². The molecule has 2 N–H and O–H groups in total. The molecule has 4 aliphatic rings. The molecule has 4 heterocycles. The van der Waals surface area contributed by atoms with Crippen molar-refractivity contribution >= 4 is 31.5 Å². The molecule has 4 aliphatic heterocycles. The standard InChI is InChI=1S/C8H11NO3.C4H7NO2.C4H12NOP.C4H6O3.C4H10O2.C3H4O3.C2H3N.CH4/c9-4-3-8(10)12-6-7-2-1-5-11-7;1-5-2-3-7-4(5)6;1-3-7(2,6)4-5;1-3-2-6-4(5)7-3;1-5-3-4-6-2;4-3-5-1-2-6-3;1-2-3;/h7H,1-3,5-6H2;2-3H2,1H3;3-5H2,1-2H3;3H,2H2,1H3;3-4H2,1-2H3;1-2H2;1H3;1H4. The summed E-state index contributed by atoms with van der Waals surface area (Å²) >= 11 is 0. The van der Waals surface area contributed by atoms with Crippen molar-refractivity contribution in [2.45, 2.75) is 59.7 Å². The molecule has 0 saturated carbocycles. The Morgan fingerprint density at radius 2 is 1.59 bits per heavy atom. The van der Waals surface area contributed by atoms with Crippen molar-refractivity contribution in [1.29, 1.82) is 10.5 Å². The van der Waals surface area contributed by atoms with Gasteiger partial charge in [0.15, 0.2) is 0 Å². The van der Waals surface area contributed by atoms with Crippen LogP contribution in [0.4, 0.5) is 14.4 Å². The van der Waals surface area contributed by atoms with Crippen LogP contribution in [0, 0.1) is 22.7 Å². The number of likely N-dealkylation sites (N-methyl/N-ethyl adjacent to an activating group) is 1. The van der Waals surface area contributed by atoms with Crippen molar-refractivity contribution in [3.8, 4) is 12.1 Å². The highest BCUT2D eigenvalue weighted by molar-refractivity contribution is 7.63. The van der Waals surface area contributed by atoms with Crippen LogP contribution in [0.15, 0.2) is 0 Å². The molecular formula is C30H57N4O14P. The van der Waals surface area contributed by atoms with E-state index in [1.807, 2.05) is 6.92 Å². The molecule has 0 aromatic heterocycles. The molecule has 3 unspecified atom stereocenters. The number of carbonyl (C=O) groups is 4. The van der Waals surface area contributed by atoms with Crippen LogP contribution in [0.25, 0.3) is 0 Å². The number of amides is 1. The summed E-state index contributed by atoms with van der Waals surface area (Å²) in [6, 6.07) is 3.48. The van der Waals surface area contributed by atoms with Gasteiger partial charge in [-0.05, 0) is 32.6 Å². The number of esters is 1. The molecule has 19 heteroatoms. The second-order valence-electron chi connectivity index (χ2n) is 9.63. The van der Waals surface area contributed by atoms with Crippen molar-refractivity contribution in [2.24, 2.45) is 5.73 Å². The van der Waals surface area contributed by atoms with Gasteiger partial charge in [-0.2, -0.15) is 10.5 Å². The monoisotopic (exact) mass is 728 g/mol. The number of nitrogens with two attached hydrogens (primary N) is 1. The number of nitriles is 2. The maximum absolute atomic E-state index is 10.8. The Morgan fingerprint density at radius 3 is 1.82 bits per heavy atom. The summed E-state index contributed by atoms with van der Waals surface area (Å²) in [5.41, 5.74) is 5.15. The molecule has 0 aromatic carbocycles. The number of cyclic esters (lactones) is 5. The van der Waals surface area contributed by atoms with Crippen LogP contribution in [-0.2, 0) is 52.0 Å². The molecular weight excluding hydrogens is 671 g/mol.